The molecule has 0 unspecified atom stereocenters. The summed E-state index contributed by atoms with van der Waals surface area (Å²) in [6.45, 7) is 1.68. The summed E-state index contributed by atoms with van der Waals surface area (Å²) in [4.78, 5) is 11.7. The fourth-order valence-corrected chi connectivity index (χ4v) is 1.80. The summed E-state index contributed by atoms with van der Waals surface area (Å²) >= 11 is 0. The third-order valence-electron chi connectivity index (χ3n) is 2.94. The highest BCUT2D eigenvalue weighted by Gasteiger charge is 2.14. The zero-order valence-electron chi connectivity index (χ0n) is 11.2. The van der Waals surface area contributed by atoms with Crippen LogP contribution in [0.5, 0.6) is 0 Å². The van der Waals surface area contributed by atoms with Gasteiger partial charge >= 0.3 is 5.97 Å². The molecule has 0 atom stereocenters. The number of hydrogen-bond donors (Lipinski definition) is 2. The number of nitrogen functional groups attached to an aromatic ring is 1. The Kier molecular flexibility index (Phi) is 3.89. The van der Waals surface area contributed by atoms with E-state index >= 15 is 0 Å². The topological polar surface area (TPSA) is 64.3 Å². The van der Waals surface area contributed by atoms with Crippen molar-refractivity contribution in [2.24, 2.45) is 0 Å². The highest BCUT2D eigenvalue weighted by atomic mass is 19.1. The van der Waals surface area contributed by atoms with E-state index in [0.717, 1.165) is 0 Å². The maximum absolute atomic E-state index is 13.5. The molecule has 3 N–H and O–H groups in total. The fourth-order valence-electron chi connectivity index (χ4n) is 1.80. The molecule has 0 saturated heterocycles. The van der Waals surface area contributed by atoms with Gasteiger partial charge in [-0.05, 0) is 36.8 Å². The second-order valence-electron chi connectivity index (χ2n) is 4.35. The highest BCUT2D eigenvalue weighted by molar-refractivity contribution is 5.99. The zero-order chi connectivity index (χ0) is 14.7. The second kappa shape index (κ2) is 5.61. The van der Waals surface area contributed by atoms with E-state index in [2.05, 4.69) is 5.32 Å². The van der Waals surface area contributed by atoms with Crippen LogP contribution in [0.15, 0.2) is 36.4 Å². The van der Waals surface area contributed by atoms with Crippen LogP contribution in [0.3, 0.4) is 0 Å². The Labute approximate surface area is 116 Å². The van der Waals surface area contributed by atoms with E-state index in [1.807, 2.05) is 0 Å². The van der Waals surface area contributed by atoms with Gasteiger partial charge in [0, 0.05) is 5.69 Å². The Morgan fingerprint density at radius 2 is 2.05 bits per heavy atom. The minimum Gasteiger partial charge on any atom is -0.465 e. The van der Waals surface area contributed by atoms with Crippen LogP contribution >= 0.6 is 0 Å². The fraction of sp³-hybridized carbons (Fsp3) is 0.133. The summed E-state index contributed by atoms with van der Waals surface area (Å²) in [5.41, 5.74) is 8.01. The lowest BCUT2D eigenvalue weighted by Gasteiger charge is -2.13. The normalized spacial score (nSPS) is 10.2. The van der Waals surface area contributed by atoms with Gasteiger partial charge in [-0.15, -0.1) is 0 Å². The number of benzene rings is 2. The SMILES string of the molecule is COC(=O)c1cccc(N)c1Nc1ccc(C)c(F)c1. The van der Waals surface area contributed by atoms with E-state index in [-0.39, 0.29) is 5.82 Å². The first-order valence-electron chi connectivity index (χ1n) is 6.03. The van der Waals surface area contributed by atoms with Crippen molar-refractivity contribution in [1.29, 1.82) is 0 Å². The lowest BCUT2D eigenvalue weighted by molar-refractivity contribution is 0.0602. The van der Waals surface area contributed by atoms with E-state index in [1.165, 1.54) is 13.2 Å². The molecule has 0 amide bonds. The van der Waals surface area contributed by atoms with Crippen molar-refractivity contribution in [2.45, 2.75) is 6.92 Å². The molecule has 0 aliphatic carbocycles. The van der Waals surface area contributed by atoms with Gasteiger partial charge in [0.05, 0.1) is 24.0 Å². The predicted octanol–water partition coefficient (Wildman–Crippen LogP) is 3.25. The summed E-state index contributed by atoms with van der Waals surface area (Å²) < 4.78 is 18.2. The van der Waals surface area contributed by atoms with Crippen LogP contribution < -0.4 is 11.1 Å². The van der Waals surface area contributed by atoms with Gasteiger partial charge in [-0.3, -0.25) is 0 Å². The Hall–Kier alpha value is -2.56. The number of nitrogens with one attached hydrogen (secondary N) is 1. The quantitative estimate of drug-likeness (QED) is 0.666. The number of nitrogens with two attached hydrogens (primary N) is 1. The molecule has 104 valence electrons. The lowest BCUT2D eigenvalue weighted by atomic mass is 10.1. The minimum atomic E-state index is -0.507. The first-order chi connectivity index (χ1) is 9.52. The molecular weight excluding hydrogens is 259 g/mol. The largest absolute Gasteiger partial charge is 0.465 e. The number of hydrogen-bond acceptors (Lipinski definition) is 4. The van der Waals surface area contributed by atoms with Gasteiger partial charge < -0.3 is 15.8 Å². The number of carbonyl (C=O) groups is 1. The molecule has 0 aliphatic rings. The molecular formula is C15H15FN2O2. The summed E-state index contributed by atoms with van der Waals surface area (Å²) in [6, 6.07) is 9.61. The third kappa shape index (κ3) is 2.71. The molecule has 0 fully saturated rings. The van der Waals surface area contributed by atoms with E-state index in [0.29, 0.717) is 28.2 Å². The second-order valence-corrected chi connectivity index (χ2v) is 4.35. The minimum absolute atomic E-state index is 0.300. The Morgan fingerprint density at radius 1 is 1.30 bits per heavy atom. The number of methoxy groups -OCH3 is 1. The van der Waals surface area contributed by atoms with Crippen molar-refractivity contribution < 1.29 is 13.9 Å². The van der Waals surface area contributed by atoms with Gasteiger partial charge in [-0.2, -0.15) is 0 Å². The monoisotopic (exact) mass is 274 g/mol. The Bertz CT molecular complexity index is 656. The van der Waals surface area contributed by atoms with Gasteiger partial charge in [0.1, 0.15) is 5.82 Å². The molecule has 0 aliphatic heterocycles. The molecule has 5 heteroatoms. The van der Waals surface area contributed by atoms with Crippen molar-refractivity contribution in [2.75, 3.05) is 18.2 Å². The average Bonchev–Trinajstić information content (AvgIpc) is 2.44. The van der Waals surface area contributed by atoms with Crippen molar-refractivity contribution >= 4 is 23.0 Å². The molecule has 0 heterocycles. The molecule has 0 spiro atoms. The van der Waals surface area contributed by atoms with E-state index in [1.54, 1.807) is 37.3 Å². The van der Waals surface area contributed by atoms with Crippen molar-refractivity contribution in [3.63, 3.8) is 0 Å². The molecule has 0 aromatic heterocycles. The number of anilines is 3. The van der Waals surface area contributed by atoms with Crippen LogP contribution in [0.1, 0.15) is 15.9 Å². The predicted molar refractivity (Wildman–Crippen MR) is 76.6 cm³/mol. The van der Waals surface area contributed by atoms with E-state index in [9.17, 15) is 9.18 Å². The molecule has 2 rings (SSSR count). The van der Waals surface area contributed by atoms with E-state index in [4.69, 9.17) is 10.5 Å². The van der Waals surface area contributed by atoms with Gasteiger partial charge in [-0.1, -0.05) is 12.1 Å². The van der Waals surface area contributed by atoms with E-state index < -0.39 is 5.97 Å². The van der Waals surface area contributed by atoms with Gasteiger partial charge in [0.15, 0.2) is 0 Å². The first kappa shape index (κ1) is 13.9. The molecule has 0 saturated carbocycles. The summed E-state index contributed by atoms with van der Waals surface area (Å²) in [5, 5.41) is 2.96. The third-order valence-corrected chi connectivity index (χ3v) is 2.94. The zero-order valence-corrected chi connectivity index (χ0v) is 11.2. The number of carbonyl (C=O) groups excluding carboxylic acids is 1. The Balaban J connectivity index is 2.42. The smallest absolute Gasteiger partial charge is 0.340 e. The lowest BCUT2D eigenvalue weighted by Crippen LogP contribution is -2.08. The number of halogens is 1. The summed E-state index contributed by atoms with van der Waals surface area (Å²) in [5.74, 6) is -0.837. The molecule has 20 heavy (non-hydrogen) atoms. The van der Waals surface area contributed by atoms with Crippen LogP contribution in [-0.4, -0.2) is 13.1 Å². The van der Waals surface area contributed by atoms with Crippen LogP contribution in [-0.2, 0) is 4.74 Å². The van der Waals surface area contributed by atoms with Crippen molar-refractivity contribution in [1.82, 2.24) is 0 Å². The van der Waals surface area contributed by atoms with Crippen molar-refractivity contribution in [3.8, 4) is 0 Å². The summed E-state index contributed by atoms with van der Waals surface area (Å²) in [7, 11) is 1.29. The maximum Gasteiger partial charge on any atom is 0.340 e. The molecule has 0 bridgehead atoms. The first-order valence-corrected chi connectivity index (χ1v) is 6.03. The average molecular weight is 274 g/mol. The number of para-hydroxylation sites is 1. The van der Waals surface area contributed by atoms with Crippen LogP contribution in [0, 0.1) is 12.7 Å². The molecule has 0 radical (unpaired) electrons. The van der Waals surface area contributed by atoms with Crippen LogP contribution in [0.2, 0.25) is 0 Å². The summed E-state index contributed by atoms with van der Waals surface area (Å²) in [6.07, 6.45) is 0. The number of ether oxygens (including phenoxy) is 1. The van der Waals surface area contributed by atoms with Gasteiger partial charge in [0.2, 0.25) is 0 Å². The standard InChI is InChI=1S/C15H15FN2O2/c1-9-6-7-10(8-12(9)16)18-14-11(15(19)20-2)4-3-5-13(14)17/h3-8,18H,17H2,1-2H3. The van der Waals surface area contributed by atoms with Gasteiger partial charge in [-0.25, -0.2) is 9.18 Å². The molecule has 4 nitrogen and oxygen atoms in total. The molecule has 2 aromatic rings. The van der Waals surface area contributed by atoms with Crippen LogP contribution in [0.4, 0.5) is 21.5 Å². The number of esters is 1. The van der Waals surface area contributed by atoms with Gasteiger partial charge in [0.25, 0.3) is 0 Å². The van der Waals surface area contributed by atoms with Crippen molar-refractivity contribution in [3.05, 3.63) is 53.3 Å². The Morgan fingerprint density at radius 3 is 2.70 bits per heavy atom. The highest BCUT2D eigenvalue weighted by Crippen LogP contribution is 2.28. The number of aryl methyl sites for hydroxylation is 1. The van der Waals surface area contributed by atoms with Crippen LogP contribution in [0.25, 0.3) is 0 Å². The molecule has 2 aromatic carbocycles. The maximum atomic E-state index is 13.5. The number of rotatable bonds is 3.